The number of hydrogen-bond donors (Lipinski definition) is 1. The number of amides is 1. The van der Waals surface area contributed by atoms with Gasteiger partial charge >= 0.3 is 12.1 Å². The van der Waals surface area contributed by atoms with Crippen LogP contribution in [0, 0.1) is 5.92 Å². The molecule has 0 fully saturated rings. The molecule has 0 saturated carbocycles. The van der Waals surface area contributed by atoms with Crippen molar-refractivity contribution in [3.05, 3.63) is 71.8 Å². The van der Waals surface area contributed by atoms with Crippen LogP contribution in [0.15, 0.2) is 60.7 Å². The van der Waals surface area contributed by atoms with E-state index in [1.54, 1.807) is 6.92 Å². The van der Waals surface area contributed by atoms with E-state index in [2.05, 4.69) is 0 Å². The second kappa shape index (κ2) is 13.2. The maximum absolute atomic E-state index is 12.8. The van der Waals surface area contributed by atoms with Gasteiger partial charge in [0.05, 0.1) is 13.2 Å². The lowest BCUT2D eigenvalue weighted by atomic mass is 10.0. The summed E-state index contributed by atoms with van der Waals surface area (Å²) < 4.78 is 11.1. The monoisotopic (exact) mass is 427 g/mol. The van der Waals surface area contributed by atoms with E-state index < -0.39 is 24.0 Å². The summed E-state index contributed by atoms with van der Waals surface area (Å²) >= 11 is 0. The quantitative estimate of drug-likeness (QED) is 0.385. The summed E-state index contributed by atoms with van der Waals surface area (Å²) in [6.45, 7) is 2.37. The Morgan fingerprint density at radius 1 is 1.00 bits per heavy atom. The van der Waals surface area contributed by atoms with Gasteiger partial charge in [0.2, 0.25) is 0 Å². The molecule has 2 rings (SSSR count). The first kappa shape index (κ1) is 24.1. The van der Waals surface area contributed by atoms with E-state index in [9.17, 15) is 19.5 Å². The summed E-state index contributed by atoms with van der Waals surface area (Å²) in [4.78, 5) is 36.7. The van der Waals surface area contributed by atoms with Crippen LogP contribution in [-0.2, 0) is 32.3 Å². The molecule has 0 aliphatic rings. The van der Waals surface area contributed by atoms with Crippen molar-refractivity contribution in [1.29, 1.82) is 0 Å². The minimum atomic E-state index is -1.14. The molecule has 1 N–H and O–H groups in total. The van der Waals surface area contributed by atoms with E-state index in [-0.39, 0.29) is 26.2 Å². The number of rotatable bonds is 13. The Balaban J connectivity index is 2.03. The van der Waals surface area contributed by atoms with Crippen molar-refractivity contribution in [2.75, 3.05) is 13.2 Å². The first-order chi connectivity index (χ1) is 15.0. The number of hydrogen-bond acceptors (Lipinski definition) is 5. The highest BCUT2D eigenvalue weighted by Gasteiger charge is 2.35. The molecule has 31 heavy (non-hydrogen) atoms. The standard InChI is InChI=1S/C24H29NO6/c1-19(16-30-17-20-10-4-2-5-11-20)22(23(27)28)25(14-8-9-15-26)24(29)31-18-21-12-6-3-7-13-21/h2-7,10-13,15,19,22H,8-9,14,16-18H2,1H3,(H,27,28). The third kappa shape index (κ3) is 8.22. The number of aliphatic carboxylic acids is 1. The van der Waals surface area contributed by atoms with Crippen LogP contribution in [0.4, 0.5) is 4.79 Å². The molecule has 0 aromatic heterocycles. The number of nitrogens with zero attached hydrogens (tertiary/aromatic N) is 1. The fraction of sp³-hybridized carbons (Fsp3) is 0.375. The van der Waals surface area contributed by atoms with Gasteiger partial charge in [-0.05, 0) is 17.5 Å². The van der Waals surface area contributed by atoms with E-state index in [0.717, 1.165) is 17.4 Å². The highest BCUT2D eigenvalue weighted by atomic mass is 16.6. The van der Waals surface area contributed by atoms with Gasteiger partial charge in [-0.15, -0.1) is 0 Å². The summed E-state index contributed by atoms with van der Waals surface area (Å²) in [5.41, 5.74) is 1.78. The molecule has 7 nitrogen and oxygen atoms in total. The van der Waals surface area contributed by atoms with Crippen molar-refractivity contribution in [2.45, 2.75) is 39.0 Å². The summed E-state index contributed by atoms with van der Waals surface area (Å²) in [6, 6.07) is 17.6. The van der Waals surface area contributed by atoms with E-state index >= 15 is 0 Å². The van der Waals surface area contributed by atoms with Gasteiger partial charge in [0.15, 0.2) is 0 Å². The average molecular weight is 427 g/mol. The highest BCUT2D eigenvalue weighted by Crippen LogP contribution is 2.17. The molecule has 0 aliphatic carbocycles. The third-order valence-corrected chi connectivity index (χ3v) is 4.78. The van der Waals surface area contributed by atoms with Crippen molar-refractivity contribution < 1.29 is 29.0 Å². The van der Waals surface area contributed by atoms with Gasteiger partial charge in [-0.25, -0.2) is 9.59 Å². The van der Waals surface area contributed by atoms with Gasteiger partial charge in [-0.2, -0.15) is 0 Å². The number of carbonyl (C=O) groups is 3. The minimum absolute atomic E-state index is 0.0368. The predicted molar refractivity (Wildman–Crippen MR) is 115 cm³/mol. The number of carboxylic acid groups (broad SMARTS) is 1. The largest absolute Gasteiger partial charge is 0.480 e. The van der Waals surface area contributed by atoms with Crippen molar-refractivity contribution >= 4 is 18.3 Å². The van der Waals surface area contributed by atoms with Crippen LogP contribution in [-0.4, -0.2) is 47.5 Å². The van der Waals surface area contributed by atoms with Gasteiger partial charge in [-0.3, -0.25) is 4.90 Å². The van der Waals surface area contributed by atoms with Gasteiger partial charge < -0.3 is 19.4 Å². The van der Waals surface area contributed by atoms with Crippen LogP contribution < -0.4 is 0 Å². The molecule has 0 heterocycles. The Hall–Kier alpha value is -3.19. The Morgan fingerprint density at radius 3 is 2.13 bits per heavy atom. The SMILES string of the molecule is CC(COCc1ccccc1)C(C(=O)O)N(CCCC=O)C(=O)OCc1ccccc1. The summed E-state index contributed by atoms with van der Waals surface area (Å²) in [5, 5.41) is 9.85. The number of aldehydes is 1. The average Bonchev–Trinajstić information content (AvgIpc) is 2.78. The van der Waals surface area contributed by atoms with Crippen LogP contribution in [0.5, 0.6) is 0 Å². The molecule has 0 radical (unpaired) electrons. The lowest BCUT2D eigenvalue weighted by molar-refractivity contribution is -0.145. The van der Waals surface area contributed by atoms with Crippen LogP contribution in [0.3, 0.4) is 0 Å². The number of unbranched alkanes of at least 4 members (excludes halogenated alkanes) is 1. The van der Waals surface area contributed by atoms with Crippen LogP contribution >= 0.6 is 0 Å². The number of benzene rings is 2. The summed E-state index contributed by atoms with van der Waals surface area (Å²) in [5.74, 6) is -1.62. The molecule has 2 unspecified atom stereocenters. The molecular weight excluding hydrogens is 398 g/mol. The molecule has 2 atom stereocenters. The zero-order chi connectivity index (χ0) is 22.5. The first-order valence-electron chi connectivity index (χ1n) is 10.3. The molecule has 2 aromatic rings. The molecule has 0 bridgehead atoms. The fourth-order valence-corrected chi connectivity index (χ4v) is 3.20. The number of carbonyl (C=O) groups excluding carboxylic acids is 2. The zero-order valence-corrected chi connectivity index (χ0v) is 17.7. The molecule has 0 aliphatic heterocycles. The zero-order valence-electron chi connectivity index (χ0n) is 17.7. The molecule has 7 heteroatoms. The van der Waals surface area contributed by atoms with Crippen molar-refractivity contribution in [1.82, 2.24) is 4.90 Å². The highest BCUT2D eigenvalue weighted by molar-refractivity contribution is 5.80. The first-order valence-corrected chi connectivity index (χ1v) is 10.3. The summed E-state index contributed by atoms with van der Waals surface area (Å²) in [7, 11) is 0. The Kier molecular flexibility index (Phi) is 10.2. The van der Waals surface area contributed by atoms with Crippen LogP contribution in [0.2, 0.25) is 0 Å². The third-order valence-electron chi connectivity index (χ3n) is 4.78. The van der Waals surface area contributed by atoms with E-state index in [1.807, 2.05) is 60.7 Å². The molecule has 1 amide bonds. The topological polar surface area (TPSA) is 93.1 Å². The van der Waals surface area contributed by atoms with E-state index in [1.165, 1.54) is 4.90 Å². The molecule has 0 spiro atoms. The Morgan fingerprint density at radius 2 is 1.58 bits per heavy atom. The fourth-order valence-electron chi connectivity index (χ4n) is 3.20. The lowest BCUT2D eigenvalue weighted by Crippen LogP contribution is -2.50. The Bertz CT molecular complexity index is 811. The van der Waals surface area contributed by atoms with Crippen molar-refractivity contribution in [3.8, 4) is 0 Å². The van der Waals surface area contributed by atoms with Gasteiger partial charge in [0.1, 0.15) is 18.9 Å². The molecule has 2 aromatic carbocycles. The number of ether oxygens (including phenoxy) is 2. The maximum Gasteiger partial charge on any atom is 0.410 e. The van der Waals surface area contributed by atoms with Crippen molar-refractivity contribution in [2.24, 2.45) is 5.92 Å². The second-order valence-electron chi connectivity index (χ2n) is 7.30. The Labute approximate surface area is 182 Å². The number of carboxylic acids is 1. The minimum Gasteiger partial charge on any atom is -0.480 e. The molecule has 166 valence electrons. The smallest absolute Gasteiger partial charge is 0.410 e. The predicted octanol–water partition coefficient (Wildman–Crippen LogP) is 3.91. The lowest BCUT2D eigenvalue weighted by Gasteiger charge is -2.32. The molecule has 0 saturated heterocycles. The summed E-state index contributed by atoms with van der Waals surface area (Å²) in [6.07, 6.45) is 0.603. The van der Waals surface area contributed by atoms with Crippen LogP contribution in [0.1, 0.15) is 30.9 Å². The molecular formula is C24H29NO6. The van der Waals surface area contributed by atoms with Gasteiger partial charge in [0, 0.05) is 18.9 Å². The van der Waals surface area contributed by atoms with Crippen LogP contribution in [0.25, 0.3) is 0 Å². The normalized spacial score (nSPS) is 12.5. The van der Waals surface area contributed by atoms with E-state index in [4.69, 9.17) is 9.47 Å². The second-order valence-corrected chi connectivity index (χ2v) is 7.30. The van der Waals surface area contributed by atoms with Gasteiger partial charge in [0.25, 0.3) is 0 Å². The van der Waals surface area contributed by atoms with Crippen molar-refractivity contribution in [3.63, 3.8) is 0 Å². The maximum atomic E-state index is 12.8. The van der Waals surface area contributed by atoms with Gasteiger partial charge in [-0.1, -0.05) is 67.6 Å². The van der Waals surface area contributed by atoms with E-state index in [0.29, 0.717) is 13.0 Å².